The average Bonchev–Trinajstić information content (AvgIpc) is 3.13. The molecule has 106 valence electrons. The van der Waals surface area contributed by atoms with Gasteiger partial charge in [-0.15, -0.1) is 11.3 Å². The van der Waals surface area contributed by atoms with Crippen molar-refractivity contribution in [2.75, 3.05) is 6.54 Å². The molecule has 2 aromatic rings. The van der Waals surface area contributed by atoms with E-state index >= 15 is 0 Å². The molecule has 0 unspecified atom stereocenters. The standard InChI is InChI=1S/C15H18N2O2S/c1-2-12-11-6-8-20-14(11)5-7-17(12)15(18)13-4-3-10(9-16)19-13/h3-4,6,8,12H,2,5,7,9,16H2,1H3/t12-/m1/s1. The summed E-state index contributed by atoms with van der Waals surface area (Å²) in [6.45, 7) is 3.19. The smallest absolute Gasteiger partial charge is 0.290 e. The lowest BCUT2D eigenvalue weighted by Gasteiger charge is -2.34. The number of furan rings is 1. The number of thiophene rings is 1. The fraction of sp³-hybridized carbons (Fsp3) is 0.400. The maximum atomic E-state index is 12.6. The Labute approximate surface area is 122 Å². The maximum Gasteiger partial charge on any atom is 0.290 e. The van der Waals surface area contributed by atoms with E-state index in [2.05, 4.69) is 18.4 Å². The summed E-state index contributed by atoms with van der Waals surface area (Å²) >= 11 is 1.78. The van der Waals surface area contributed by atoms with Crippen LogP contribution in [0.15, 0.2) is 28.0 Å². The van der Waals surface area contributed by atoms with Gasteiger partial charge in [0.2, 0.25) is 0 Å². The van der Waals surface area contributed by atoms with Crippen LogP contribution in [0.4, 0.5) is 0 Å². The molecule has 0 saturated carbocycles. The van der Waals surface area contributed by atoms with Gasteiger partial charge in [-0.1, -0.05) is 6.92 Å². The summed E-state index contributed by atoms with van der Waals surface area (Å²) in [7, 11) is 0. The molecule has 0 saturated heterocycles. The van der Waals surface area contributed by atoms with Crippen LogP contribution < -0.4 is 5.73 Å². The first-order valence-corrected chi connectivity index (χ1v) is 7.78. The molecule has 1 aliphatic rings. The average molecular weight is 290 g/mol. The molecule has 0 bridgehead atoms. The highest BCUT2D eigenvalue weighted by Crippen LogP contribution is 2.36. The molecule has 0 fully saturated rings. The number of carbonyl (C=O) groups is 1. The molecule has 0 spiro atoms. The quantitative estimate of drug-likeness (QED) is 0.945. The van der Waals surface area contributed by atoms with Gasteiger partial charge >= 0.3 is 0 Å². The molecule has 1 amide bonds. The van der Waals surface area contributed by atoms with Crippen molar-refractivity contribution in [2.24, 2.45) is 5.73 Å². The van der Waals surface area contributed by atoms with Gasteiger partial charge in [-0.3, -0.25) is 4.79 Å². The minimum atomic E-state index is -0.0339. The molecule has 2 N–H and O–H groups in total. The third-order valence-electron chi connectivity index (χ3n) is 3.82. The van der Waals surface area contributed by atoms with Gasteiger partial charge in [-0.05, 0) is 42.0 Å². The van der Waals surface area contributed by atoms with Crippen LogP contribution in [0.2, 0.25) is 0 Å². The van der Waals surface area contributed by atoms with Crippen LogP contribution in [0.3, 0.4) is 0 Å². The first kappa shape index (κ1) is 13.4. The largest absolute Gasteiger partial charge is 0.455 e. The van der Waals surface area contributed by atoms with E-state index in [0.717, 1.165) is 19.4 Å². The lowest BCUT2D eigenvalue weighted by atomic mass is 9.97. The maximum absolute atomic E-state index is 12.6. The van der Waals surface area contributed by atoms with E-state index in [1.807, 2.05) is 4.90 Å². The van der Waals surface area contributed by atoms with Crippen LogP contribution in [0.5, 0.6) is 0 Å². The Morgan fingerprint density at radius 2 is 2.35 bits per heavy atom. The summed E-state index contributed by atoms with van der Waals surface area (Å²) in [4.78, 5) is 16.0. The van der Waals surface area contributed by atoms with E-state index in [4.69, 9.17) is 10.2 Å². The van der Waals surface area contributed by atoms with Crippen molar-refractivity contribution in [3.8, 4) is 0 Å². The number of amides is 1. The van der Waals surface area contributed by atoms with E-state index < -0.39 is 0 Å². The summed E-state index contributed by atoms with van der Waals surface area (Å²) in [5.41, 5.74) is 6.82. The second-order valence-corrected chi connectivity index (χ2v) is 5.94. The van der Waals surface area contributed by atoms with Crippen molar-refractivity contribution >= 4 is 17.2 Å². The Hall–Kier alpha value is -1.59. The fourth-order valence-electron chi connectivity index (χ4n) is 2.82. The third-order valence-corrected chi connectivity index (χ3v) is 4.81. The minimum absolute atomic E-state index is 0.0339. The molecule has 20 heavy (non-hydrogen) atoms. The van der Waals surface area contributed by atoms with Gasteiger partial charge in [0, 0.05) is 11.4 Å². The van der Waals surface area contributed by atoms with Crippen molar-refractivity contribution < 1.29 is 9.21 Å². The van der Waals surface area contributed by atoms with Crippen molar-refractivity contribution in [2.45, 2.75) is 32.4 Å². The zero-order valence-corrected chi connectivity index (χ0v) is 12.3. The van der Waals surface area contributed by atoms with Crippen molar-refractivity contribution in [1.29, 1.82) is 0 Å². The fourth-order valence-corrected chi connectivity index (χ4v) is 3.75. The number of hydrogen-bond donors (Lipinski definition) is 1. The summed E-state index contributed by atoms with van der Waals surface area (Å²) in [6, 6.07) is 5.79. The zero-order chi connectivity index (χ0) is 14.1. The monoisotopic (exact) mass is 290 g/mol. The van der Waals surface area contributed by atoms with Crippen molar-refractivity contribution in [3.63, 3.8) is 0 Å². The number of hydrogen-bond acceptors (Lipinski definition) is 4. The Morgan fingerprint density at radius 1 is 1.50 bits per heavy atom. The molecule has 4 nitrogen and oxygen atoms in total. The van der Waals surface area contributed by atoms with E-state index in [-0.39, 0.29) is 11.9 Å². The number of fused-ring (bicyclic) bond motifs is 1. The zero-order valence-electron chi connectivity index (χ0n) is 11.5. The van der Waals surface area contributed by atoms with E-state index in [0.29, 0.717) is 18.1 Å². The summed E-state index contributed by atoms with van der Waals surface area (Å²) in [6.07, 6.45) is 1.85. The topological polar surface area (TPSA) is 59.5 Å². The molecule has 5 heteroatoms. The molecular formula is C15H18N2O2S. The van der Waals surface area contributed by atoms with E-state index in [1.165, 1.54) is 10.4 Å². The van der Waals surface area contributed by atoms with Gasteiger partial charge in [0.1, 0.15) is 5.76 Å². The van der Waals surface area contributed by atoms with Crippen molar-refractivity contribution in [3.05, 3.63) is 45.5 Å². The molecule has 0 radical (unpaired) electrons. The van der Waals surface area contributed by atoms with Crippen molar-refractivity contribution in [1.82, 2.24) is 4.90 Å². The van der Waals surface area contributed by atoms with E-state index in [9.17, 15) is 4.79 Å². The van der Waals surface area contributed by atoms with Crippen LogP contribution in [0.1, 0.15) is 46.1 Å². The first-order chi connectivity index (χ1) is 9.74. The predicted octanol–water partition coefficient (Wildman–Crippen LogP) is 2.95. The molecule has 1 atom stereocenters. The predicted molar refractivity (Wildman–Crippen MR) is 78.7 cm³/mol. The summed E-state index contributed by atoms with van der Waals surface area (Å²) < 4.78 is 5.50. The molecular weight excluding hydrogens is 272 g/mol. The lowest BCUT2D eigenvalue weighted by molar-refractivity contribution is 0.0623. The van der Waals surface area contributed by atoms with Crippen LogP contribution in [-0.4, -0.2) is 17.4 Å². The van der Waals surface area contributed by atoms with Crippen LogP contribution in [-0.2, 0) is 13.0 Å². The SMILES string of the molecule is CC[C@@H]1c2ccsc2CCN1C(=O)c1ccc(CN)o1. The van der Waals surface area contributed by atoms with Gasteiger partial charge in [0.05, 0.1) is 12.6 Å². The highest BCUT2D eigenvalue weighted by molar-refractivity contribution is 7.10. The summed E-state index contributed by atoms with van der Waals surface area (Å²) in [5.74, 6) is 1.01. The lowest BCUT2D eigenvalue weighted by Crippen LogP contribution is -2.39. The van der Waals surface area contributed by atoms with Crippen LogP contribution >= 0.6 is 11.3 Å². The Kier molecular flexibility index (Phi) is 3.63. The van der Waals surface area contributed by atoms with Gasteiger partial charge < -0.3 is 15.1 Å². The Balaban J connectivity index is 1.88. The summed E-state index contributed by atoms with van der Waals surface area (Å²) in [5, 5.41) is 2.11. The molecule has 3 rings (SSSR count). The number of carbonyl (C=O) groups excluding carboxylic acids is 1. The first-order valence-electron chi connectivity index (χ1n) is 6.90. The van der Waals surface area contributed by atoms with Gasteiger partial charge in [0.15, 0.2) is 5.76 Å². The molecule has 3 heterocycles. The molecule has 2 aromatic heterocycles. The number of rotatable bonds is 3. The molecule has 1 aliphatic heterocycles. The number of nitrogens with zero attached hydrogens (tertiary/aromatic N) is 1. The normalized spacial score (nSPS) is 18.1. The highest BCUT2D eigenvalue weighted by atomic mass is 32.1. The van der Waals surface area contributed by atoms with Gasteiger partial charge in [-0.25, -0.2) is 0 Å². The molecule has 0 aromatic carbocycles. The van der Waals surface area contributed by atoms with E-state index in [1.54, 1.807) is 23.5 Å². The van der Waals surface area contributed by atoms with Gasteiger partial charge in [-0.2, -0.15) is 0 Å². The molecule has 0 aliphatic carbocycles. The second-order valence-electron chi connectivity index (χ2n) is 4.94. The highest BCUT2D eigenvalue weighted by Gasteiger charge is 2.32. The Morgan fingerprint density at radius 3 is 3.05 bits per heavy atom. The number of nitrogens with two attached hydrogens (primary N) is 1. The minimum Gasteiger partial charge on any atom is -0.455 e. The Bertz CT molecular complexity index is 617. The third kappa shape index (κ3) is 2.17. The van der Waals surface area contributed by atoms with Gasteiger partial charge in [0.25, 0.3) is 5.91 Å². The van der Waals surface area contributed by atoms with Crippen LogP contribution in [0, 0.1) is 0 Å². The second kappa shape index (κ2) is 5.42. The van der Waals surface area contributed by atoms with Crippen LogP contribution in [0.25, 0.3) is 0 Å².